The molecule has 1 aromatic rings. The molecule has 2 rings (SSSR count). The number of benzene rings is 1. The van der Waals surface area contributed by atoms with Crippen molar-refractivity contribution < 1.29 is 9.53 Å². The molecule has 1 fully saturated rings. The molecule has 0 aliphatic heterocycles. The lowest BCUT2D eigenvalue weighted by Crippen LogP contribution is -2.53. The number of rotatable bonds is 3. The Bertz CT molecular complexity index is 422. The monoisotopic (exact) mass is 248 g/mol. The standard InChI is InChI=1S/C14H20N2O2/c1-16(2)13(17)15-14(9-4-10-14)11-5-7-12(18-3)8-6-11/h5-8H,4,9-10H2,1-3H3,(H,15,17). The van der Waals surface area contributed by atoms with Crippen LogP contribution in [0.2, 0.25) is 0 Å². The Kier molecular flexibility index (Phi) is 3.45. The van der Waals surface area contributed by atoms with Gasteiger partial charge in [-0.1, -0.05) is 12.1 Å². The van der Waals surface area contributed by atoms with E-state index in [1.54, 1.807) is 26.1 Å². The number of methoxy groups -OCH3 is 1. The fourth-order valence-electron chi connectivity index (χ4n) is 2.24. The number of amides is 2. The summed E-state index contributed by atoms with van der Waals surface area (Å²) in [7, 11) is 5.17. The average molecular weight is 248 g/mol. The first-order chi connectivity index (χ1) is 8.57. The van der Waals surface area contributed by atoms with Crippen LogP contribution in [0.5, 0.6) is 5.75 Å². The van der Waals surface area contributed by atoms with Gasteiger partial charge < -0.3 is 15.0 Å². The molecule has 1 N–H and O–H groups in total. The van der Waals surface area contributed by atoms with E-state index in [2.05, 4.69) is 5.32 Å². The van der Waals surface area contributed by atoms with E-state index in [0.29, 0.717) is 0 Å². The van der Waals surface area contributed by atoms with Crippen molar-refractivity contribution >= 4 is 6.03 Å². The van der Waals surface area contributed by atoms with Gasteiger partial charge in [0.25, 0.3) is 0 Å². The Morgan fingerprint density at radius 3 is 2.28 bits per heavy atom. The number of ether oxygens (including phenoxy) is 1. The summed E-state index contributed by atoms with van der Waals surface area (Å²) in [4.78, 5) is 13.4. The first kappa shape index (κ1) is 12.7. The summed E-state index contributed by atoms with van der Waals surface area (Å²) in [6.07, 6.45) is 3.15. The fraction of sp³-hybridized carbons (Fsp3) is 0.500. The second-order valence-electron chi connectivity index (χ2n) is 4.99. The van der Waals surface area contributed by atoms with E-state index in [1.807, 2.05) is 24.3 Å². The van der Waals surface area contributed by atoms with Crippen molar-refractivity contribution in [2.45, 2.75) is 24.8 Å². The highest BCUT2D eigenvalue weighted by Gasteiger charge is 2.40. The third kappa shape index (κ3) is 2.28. The van der Waals surface area contributed by atoms with Crippen LogP contribution in [0.1, 0.15) is 24.8 Å². The van der Waals surface area contributed by atoms with E-state index in [1.165, 1.54) is 0 Å². The van der Waals surface area contributed by atoms with Crippen LogP contribution in [0, 0.1) is 0 Å². The first-order valence-electron chi connectivity index (χ1n) is 6.21. The van der Waals surface area contributed by atoms with Crippen LogP contribution in [0.3, 0.4) is 0 Å². The molecule has 1 aliphatic carbocycles. The molecule has 4 nitrogen and oxygen atoms in total. The second-order valence-corrected chi connectivity index (χ2v) is 4.99. The normalized spacial score (nSPS) is 16.6. The molecule has 0 radical (unpaired) electrons. The van der Waals surface area contributed by atoms with Crippen LogP contribution >= 0.6 is 0 Å². The Morgan fingerprint density at radius 1 is 1.28 bits per heavy atom. The summed E-state index contributed by atoms with van der Waals surface area (Å²) < 4.78 is 5.16. The van der Waals surface area contributed by atoms with Gasteiger partial charge in [-0.25, -0.2) is 4.79 Å². The minimum absolute atomic E-state index is 0.0366. The summed E-state index contributed by atoms with van der Waals surface area (Å²) in [5.74, 6) is 0.840. The quantitative estimate of drug-likeness (QED) is 0.892. The zero-order chi connectivity index (χ0) is 13.2. The first-order valence-corrected chi connectivity index (χ1v) is 6.21. The molecule has 98 valence electrons. The lowest BCUT2D eigenvalue weighted by atomic mass is 9.72. The van der Waals surface area contributed by atoms with Crippen LogP contribution in [-0.4, -0.2) is 32.1 Å². The molecule has 0 unspecified atom stereocenters. The molecular formula is C14H20N2O2. The SMILES string of the molecule is COc1ccc(C2(NC(=O)N(C)C)CCC2)cc1. The van der Waals surface area contributed by atoms with E-state index in [-0.39, 0.29) is 11.6 Å². The Hall–Kier alpha value is -1.71. The maximum atomic E-state index is 11.8. The van der Waals surface area contributed by atoms with E-state index >= 15 is 0 Å². The lowest BCUT2D eigenvalue weighted by Gasteiger charge is -2.43. The van der Waals surface area contributed by atoms with Gasteiger partial charge in [-0.05, 0) is 37.0 Å². The van der Waals surface area contributed by atoms with Crippen LogP contribution in [-0.2, 0) is 5.54 Å². The highest BCUT2D eigenvalue weighted by Crippen LogP contribution is 2.41. The Morgan fingerprint density at radius 2 is 1.89 bits per heavy atom. The molecule has 0 bridgehead atoms. The van der Waals surface area contributed by atoms with Crippen LogP contribution < -0.4 is 10.1 Å². The number of nitrogens with zero attached hydrogens (tertiary/aromatic N) is 1. The molecule has 18 heavy (non-hydrogen) atoms. The molecule has 1 aliphatic rings. The molecule has 4 heteroatoms. The average Bonchev–Trinajstić information content (AvgIpc) is 2.33. The molecule has 0 heterocycles. The van der Waals surface area contributed by atoms with Gasteiger partial charge in [-0.2, -0.15) is 0 Å². The largest absolute Gasteiger partial charge is 0.497 e. The predicted octanol–water partition coefficient (Wildman–Crippen LogP) is 2.35. The number of nitrogens with one attached hydrogen (secondary N) is 1. The maximum Gasteiger partial charge on any atom is 0.317 e. The summed E-state index contributed by atoms with van der Waals surface area (Å²) >= 11 is 0. The Balaban J connectivity index is 2.18. The van der Waals surface area contributed by atoms with Gasteiger partial charge in [0.15, 0.2) is 0 Å². The van der Waals surface area contributed by atoms with Crippen LogP contribution in [0.25, 0.3) is 0 Å². The minimum Gasteiger partial charge on any atom is -0.497 e. The summed E-state index contributed by atoms with van der Waals surface area (Å²) in [6, 6.07) is 7.92. The van der Waals surface area contributed by atoms with Crippen molar-refractivity contribution in [2.75, 3.05) is 21.2 Å². The van der Waals surface area contributed by atoms with Crippen LogP contribution in [0.4, 0.5) is 4.79 Å². The Labute approximate surface area is 108 Å². The number of carbonyl (C=O) groups excluding carboxylic acids is 1. The van der Waals surface area contributed by atoms with Gasteiger partial charge >= 0.3 is 6.03 Å². The zero-order valence-electron chi connectivity index (χ0n) is 11.2. The predicted molar refractivity (Wildman–Crippen MR) is 70.7 cm³/mol. The molecule has 0 saturated heterocycles. The summed E-state index contributed by atoms with van der Waals surface area (Å²) in [5, 5.41) is 3.13. The van der Waals surface area contributed by atoms with Gasteiger partial charge in [0.1, 0.15) is 5.75 Å². The van der Waals surface area contributed by atoms with E-state index in [4.69, 9.17) is 4.74 Å². The molecular weight excluding hydrogens is 228 g/mol. The zero-order valence-corrected chi connectivity index (χ0v) is 11.2. The number of urea groups is 1. The van der Waals surface area contributed by atoms with E-state index in [0.717, 1.165) is 30.6 Å². The smallest absolute Gasteiger partial charge is 0.317 e. The van der Waals surface area contributed by atoms with Crippen molar-refractivity contribution in [3.05, 3.63) is 29.8 Å². The van der Waals surface area contributed by atoms with Crippen molar-refractivity contribution in [1.29, 1.82) is 0 Å². The topological polar surface area (TPSA) is 41.6 Å². The second kappa shape index (κ2) is 4.88. The van der Waals surface area contributed by atoms with Gasteiger partial charge in [0.05, 0.1) is 12.6 Å². The maximum absolute atomic E-state index is 11.8. The van der Waals surface area contributed by atoms with Gasteiger partial charge in [0.2, 0.25) is 0 Å². The number of carbonyl (C=O) groups is 1. The molecule has 0 spiro atoms. The minimum atomic E-state index is -0.187. The van der Waals surface area contributed by atoms with Crippen molar-refractivity contribution in [3.63, 3.8) is 0 Å². The molecule has 0 atom stereocenters. The third-order valence-electron chi connectivity index (χ3n) is 3.60. The lowest BCUT2D eigenvalue weighted by molar-refractivity contribution is 0.161. The fourth-order valence-corrected chi connectivity index (χ4v) is 2.24. The van der Waals surface area contributed by atoms with Crippen molar-refractivity contribution in [3.8, 4) is 5.75 Å². The van der Waals surface area contributed by atoms with E-state index in [9.17, 15) is 4.79 Å². The number of hydrogen-bond donors (Lipinski definition) is 1. The van der Waals surface area contributed by atoms with E-state index < -0.39 is 0 Å². The summed E-state index contributed by atoms with van der Waals surface area (Å²) in [5.41, 5.74) is 0.970. The highest BCUT2D eigenvalue weighted by atomic mass is 16.5. The van der Waals surface area contributed by atoms with Gasteiger partial charge in [-0.3, -0.25) is 0 Å². The van der Waals surface area contributed by atoms with Crippen molar-refractivity contribution in [1.82, 2.24) is 10.2 Å². The molecule has 1 aromatic carbocycles. The highest BCUT2D eigenvalue weighted by molar-refractivity contribution is 5.75. The third-order valence-corrected chi connectivity index (χ3v) is 3.60. The molecule has 0 aromatic heterocycles. The van der Waals surface area contributed by atoms with Crippen LogP contribution in [0.15, 0.2) is 24.3 Å². The van der Waals surface area contributed by atoms with Gasteiger partial charge in [0, 0.05) is 14.1 Å². The van der Waals surface area contributed by atoms with Crippen molar-refractivity contribution in [2.24, 2.45) is 0 Å². The molecule has 2 amide bonds. The summed E-state index contributed by atoms with van der Waals surface area (Å²) in [6.45, 7) is 0. The molecule has 1 saturated carbocycles. The van der Waals surface area contributed by atoms with Gasteiger partial charge in [-0.15, -0.1) is 0 Å². The number of hydrogen-bond acceptors (Lipinski definition) is 2.